The summed E-state index contributed by atoms with van der Waals surface area (Å²) in [5.41, 5.74) is 0.974. The Morgan fingerprint density at radius 2 is 2.22 bits per heavy atom. The van der Waals surface area contributed by atoms with E-state index in [9.17, 15) is 4.79 Å². The van der Waals surface area contributed by atoms with Gasteiger partial charge in [-0.25, -0.2) is 4.98 Å². The van der Waals surface area contributed by atoms with Crippen LogP contribution in [0.4, 0.5) is 5.82 Å². The van der Waals surface area contributed by atoms with E-state index in [1.54, 1.807) is 24.3 Å². The molecule has 1 amide bonds. The van der Waals surface area contributed by atoms with Crippen molar-refractivity contribution in [2.45, 2.75) is 25.3 Å². The number of nitrogens with zero attached hydrogens (tertiary/aromatic N) is 4. The summed E-state index contributed by atoms with van der Waals surface area (Å²) in [6, 6.07) is 9.21. The zero-order valence-electron chi connectivity index (χ0n) is 12.6. The van der Waals surface area contributed by atoms with Crippen molar-refractivity contribution in [3.8, 4) is 6.07 Å². The Kier molecular flexibility index (Phi) is 4.64. The zero-order chi connectivity index (χ0) is 16.1. The molecule has 1 N–H and O–H groups in total. The van der Waals surface area contributed by atoms with Gasteiger partial charge in [0.05, 0.1) is 24.2 Å². The normalized spacial score (nSPS) is 15.1. The van der Waals surface area contributed by atoms with Crippen LogP contribution in [0.25, 0.3) is 0 Å². The van der Waals surface area contributed by atoms with Crippen molar-refractivity contribution in [3.05, 3.63) is 41.9 Å². The average molecular weight is 311 g/mol. The number of carbonyl (C=O) groups is 1. The highest BCUT2D eigenvalue weighted by atomic mass is 16.5. The van der Waals surface area contributed by atoms with Gasteiger partial charge >= 0.3 is 0 Å². The van der Waals surface area contributed by atoms with Crippen LogP contribution in [0.3, 0.4) is 0 Å². The molecule has 118 valence electrons. The molecule has 2 aromatic heterocycles. The summed E-state index contributed by atoms with van der Waals surface area (Å²) in [5.74, 6) is 0.112. The molecular formula is C16H17N5O2. The first-order valence-electron chi connectivity index (χ1n) is 7.53. The average Bonchev–Trinajstić information content (AvgIpc) is 3.06. The molecule has 0 spiro atoms. The number of hydrogen-bond acceptors (Lipinski definition) is 5. The number of ether oxygens (including phenoxy) is 1. The molecule has 3 heterocycles. The Bertz CT molecular complexity index is 728. The van der Waals surface area contributed by atoms with Crippen molar-refractivity contribution in [1.82, 2.24) is 14.8 Å². The first kappa shape index (κ1) is 15.2. The maximum atomic E-state index is 12.3. The Morgan fingerprint density at radius 3 is 3.00 bits per heavy atom. The van der Waals surface area contributed by atoms with Crippen molar-refractivity contribution >= 4 is 11.7 Å². The van der Waals surface area contributed by atoms with E-state index in [0.717, 1.165) is 26.1 Å². The van der Waals surface area contributed by atoms with Crippen LogP contribution >= 0.6 is 0 Å². The van der Waals surface area contributed by atoms with Gasteiger partial charge in [-0.2, -0.15) is 10.4 Å². The summed E-state index contributed by atoms with van der Waals surface area (Å²) in [6.07, 6.45) is 3.84. The Hall–Kier alpha value is -2.72. The number of anilines is 1. The van der Waals surface area contributed by atoms with Crippen LogP contribution in [0.2, 0.25) is 0 Å². The van der Waals surface area contributed by atoms with E-state index in [1.807, 2.05) is 16.9 Å². The van der Waals surface area contributed by atoms with Crippen molar-refractivity contribution < 1.29 is 9.53 Å². The third kappa shape index (κ3) is 3.73. The fourth-order valence-electron chi connectivity index (χ4n) is 2.52. The minimum Gasteiger partial charge on any atom is -0.381 e. The van der Waals surface area contributed by atoms with Crippen LogP contribution in [0, 0.1) is 11.3 Å². The van der Waals surface area contributed by atoms with Gasteiger partial charge < -0.3 is 10.1 Å². The third-order valence-electron chi connectivity index (χ3n) is 3.71. The summed E-state index contributed by atoms with van der Waals surface area (Å²) < 4.78 is 7.16. The van der Waals surface area contributed by atoms with Gasteiger partial charge in [0.15, 0.2) is 5.69 Å². The van der Waals surface area contributed by atoms with E-state index >= 15 is 0 Å². The lowest BCUT2D eigenvalue weighted by Gasteiger charge is -2.22. The van der Waals surface area contributed by atoms with Crippen molar-refractivity contribution in [2.75, 3.05) is 18.5 Å². The van der Waals surface area contributed by atoms with E-state index in [1.165, 1.54) is 0 Å². The molecular weight excluding hydrogens is 294 g/mol. The van der Waals surface area contributed by atoms with Gasteiger partial charge in [-0.3, -0.25) is 9.48 Å². The summed E-state index contributed by atoms with van der Waals surface area (Å²) in [4.78, 5) is 16.5. The van der Waals surface area contributed by atoms with Gasteiger partial charge in [-0.1, -0.05) is 6.07 Å². The molecule has 0 aromatic carbocycles. The largest absolute Gasteiger partial charge is 0.381 e. The highest BCUT2D eigenvalue weighted by molar-refractivity contribution is 6.02. The van der Waals surface area contributed by atoms with Crippen LogP contribution in [0.5, 0.6) is 0 Å². The van der Waals surface area contributed by atoms with E-state index in [4.69, 9.17) is 10.00 Å². The van der Waals surface area contributed by atoms with Gasteiger partial charge in [0.2, 0.25) is 0 Å². The fourth-order valence-corrected chi connectivity index (χ4v) is 2.52. The van der Waals surface area contributed by atoms with Crippen LogP contribution in [0.1, 0.15) is 35.1 Å². The van der Waals surface area contributed by atoms with Crippen molar-refractivity contribution in [3.63, 3.8) is 0 Å². The number of amides is 1. The maximum absolute atomic E-state index is 12.3. The second kappa shape index (κ2) is 7.03. The Labute approximate surface area is 133 Å². The molecule has 1 saturated heterocycles. The molecule has 1 aliphatic heterocycles. The summed E-state index contributed by atoms with van der Waals surface area (Å²) >= 11 is 0. The van der Waals surface area contributed by atoms with Crippen LogP contribution in [-0.4, -0.2) is 33.9 Å². The van der Waals surface area contributed by atoms with E-state index in [-0.39, 0.29) is 18.4 Å². The molecule has 0 unspecified atom stereocenters. The van der Waals surface area contributed by atoms with Crippen LogP contribution < -0.4 is 5.32 Å². The molecule has 1 aliphatic rings. The number of rotatable bonds is 4. The number of nitrogens with one attached hydrogen (secondary N) is 1. The maximum Gasteiger partial charge on any atom is 0.277 e. The van der Waals surface area contributed by atoms with Crippen molar-refractivity contribution in [1.29, 1.82) is 5.26 Å². The quantitative estimate of drug-likeness (QED) is 0.931. The van der Waals surface area contributed by atoms with Crippen LogP contribution in [0.15, 0.2) is 30.5 Å². The molecule has 0 saturated carbocycles. The van der Waals surface area contributed by atoms with E-state index < -0.39 is 0 Å². The smallest absolute Gasteiger partial charge is 0.277 e. The van der Waals surface area contributed by atoms with Gasteiger partial charge in [-0.15, -0.1) is 0 Å². The number of hydrogen-bond donors (Lipinski definition) is 1. The number of aromatic nitrogens is 3. The topological polar surface area (TPSA) is 92.8 Å². The molecule has 2 aromatic rings. The highest BCUT2D eigenvalue weighted by Gasteiger charge is 2.18. The van der Waals surface area contributed by atoms with Gasteiger partial charge in [0, 0.05) is 19.4 Å². The standard InChI is InChI=1S/C16H17N5O2/c17-8-4-12-2-1-3-15(18-12)19-16(22)14-5-9-21(20-14)13-6-10-23-11-7-13/h1-3,5,9,13H,4,6-7,10-11H2,(H,18,19,22). The second-order valence-electron chi connectivity index (χ2n) is 5.33. The van der Waals surface area contributed by atoms with Crippen molar-refractivity contribution in [2.24, 2.45) is 0 Å². The Morgan fingerprint density at radius 1 is 1.39 bits per heavy atom. The van der Waals surface area contributed by atoms with Gasteiger partial charge in [0.1, 0.15) is 5.82 Å². The predicted octanol–water partition coefficient (Wildman–Crippen LogP) is 1.95. The van der Waals surface area contributed by atoms with E-state index in [2.05, 4.69) is 15.4 Å². The molecule has 3 rings (SSSR count). The monoisotopic (exact) mass is 311 g/mol. The molecule has 1 fully saturated rings. The SMILES string of the molecule is N#CCc1cccc(NC(=O)c2ccn(C3CCOCC3)n2)n1. The molecule has 0 aliphatic carbocycles. The third-order valence-corrected chi connectivity index (χ3v) is 3.71. The molecule has 0 radical (unpaired) electrons. The number of pyridine rings is 1. The highest BCUT2D eigenvalue weighted by Crippen LogP contribution is 2.20. The van der Waals surface area contributed by atoms with E-state index in [0.29, 0.717) is 17.2 Å². The van der Waals surface area contributed by atoms with Gasteiger partial charge in [0.25, 0.3) is 5.91 Å². The summed E-state index contributed by atoms with van der Waals surface area (Å²) in [7, 11) is 0. The van der Waals surface area contributed by atoms with Gasteiger partial charge in [-0.05, 0) is 31.0 Å². The zero-order valence-corrected chi connectivity index (χ0v) is 12.6. The molecule has 7 heteroatoms. The first-order valence-corrected chi connectivity index (χ1v) is 7.53. The minimum absolute atomic E-state index is 0.210. The fraction of sp³-hybridized carbons (Fsp3) is 0.375. The number of nitriles is 1. The predicted molar refractivity (Wildman–Crippen MR) is 82.8 cm³/mol. The number of carbonyl (C=O) groups excluding carboxylic acids is 1. The second-order valence-corrected chi connectivity index (χ2v) is 5.33. The van der Waals surface area contributed by atoms with Crippen LogP contribution in [-0.2, 0) is 11.2 Å². The molecule has 23 heavy (non-hydrogen) atoms. The summed E-state index contributed by atoms with van der Waals surface area (Å²) in [6.45, 7) is 1.45. The Balaban J connectivity index is 1.67. The summed E-state index contributed by atoms with van der Waals surface area (Å²) in [5, 5.41) is 15.8. The first-order chi connectivity index (χ1) is 11.3. The molecule has 7 nitrogen and oxygen atoms in total. The minimum atomic E-state index is -0.308. The lowest BCUT2D eigenvalue weighted by molar-refractivity contribution is 0.0661. The lowest BCUT2D eigenvalue weighted by atomic mass is 10.1. The molecule has 0 atom stereocenters. The lowest BCUT2D eigenvalue weighted by Crippen LogP contribution is -2.21. The molecule has 0 bridgehead atoms.